The van der Waals surface area contributed by atoms with Gasteiger partial charge in [-0.3, -0.25) is 9.59 Å². The van der Waals surface area contributed by atoms with Crippen molar-refractivity contribution in [2.24, 2.45) is 5.92 Å². The van der Waals surface area contributed by atoms with E-state index in [2.05, 4.69) is 20.7 Å². The van der Waals surface area contributed by atoms with Crippen molar-refractivity contribution >= 4 is 23.2 Å². The van der Waals surface area contributed by atoms with Crippen LogP contribution < -0.4 is 16.2 Å². The van der Waals surface area contributed by atoms with Crippen molar-refractivity contribution in [2.45, 2.75) is 26.1 Å². The van der Waals surface area contributed by atoms with Gasteiger partial charge in [-0.2, -0.15) is 23.0 Å². The van der Waals surface area contributed by atoms with Crippen molar-refractivity contribution in [2.75, 3.05) is 12.4 Å². The average Bonchev–Trinajstić information content (AvgIpc) is 2.61. The van der Waals surface area contributed by atoms with Gasteiger partial charge in [0.15, 0.2) is 5.82 Å². The highest BCUT2D eigenvalue weighted by Gasteiger charge is 2.31. The summed E-state index contributed by atoms with van der Waals surface area (Å²) in [7, 11) is 1.48. The van der Waals surface area contributed by atoms with E-state index in [9.17, 15) is 22.8 Å². The molecule has 0 spiro atoms. The van der Waals surface area contributed by atoms with E-state index in [4.69, 9.17) is 11.6 Å². The van der Waals surface area contributed by atoms with E-state index in [0.717, 1.165) is 16.8 Å². The largest absolute Gasteiger partial charge is 0.417 e. The lowest BCUT2D eigenvalue weighted by atomic mass is 10.0. The molecule has 0 aliphatic carbocycles. The number of rotatable bonds is 5. The van der Waals surface area contributed by atoms with Crippen molar-refractivity contribution in [1.29, 1.82) is 0 Å². The highest BCUT2D eigenvalue weighted by Crippen LogP contribution is 2.28. The van der Waals surface area contributed by atoms with Gasteiger partial charge in [0, 0.05) is 13.2 Å². The number of nitrogens with zero attached hydrogens (tertiary/aromatic N) is 3. The van der Waals surface area contributed by atoms with Crippen LogP contribution in [0.25, 0.3) is 5.82 Å². The van der Waals surface area contributed by atoms with Gasteiger partial charge >= 0.3 is 6.18 Å². The lowest BCUT2D eigenvalue weighted by Crippen LogP contribution is -2.42. The number of anilines is 1. The molecule has 1 amide bonds. The molecule has 11 heteroatoms. The number of amides is 1. The third-order valence-corrected chi connectivity index (χ3v) is 4.08. The minimum absolute atomic E-state index is 0.111. The summed E-state index contributed by atoms with van der Waals surface area (Å²) in [5.74, 6) is -0.525. The average molecular weight is 404 g/mol. The second-order valence-corrected chi connectivity index (χ2v) is 6.35. The molecule has 0 saturated heterocycles. The van der Waals surface area contributed by atoms with Gasteiger partial charge in [-0.15, -0.1) is 0 Å². The Labute approximate surface area is 157 Å². The Kier molecular flexibility index (Phi) is 6.09. The predicted octanol–water partition coefficient (Wildman–Crippen LogP) is 2.48. The second-order valence-electron chi connectivity index (χ2n) is 5.97. The van der Waals surface area contributed by atoms with Crippen LogP contribution in [0.5, 0.6) is 0 Å². The van der Waals surface area contributed by atoms with Crippen LogP contribution in [-0.2, 0) is 11.0 Å². The molecule has 0 radical (unpaired) electrons. The number of hydrogen-bond acceptors (Lipinski definition) is 5. The van der Waals surface area contributed by atoms with E-state index in [0.29, 0.717) is 6.20 Å². The van der Waals surface area contributed by atoms with Crippen LogP contribution in [0.3, 0.4) is 0 Å². The molecule has 2 aromatic heterocycles. The molecule has 7 nitrogen and oxygen atoms in total. The van der Waals surface area contributed by atoms with Gasteiger partial charge in [0.1, 0.15) is 11.1 Å². The molecule has 1 unspecified atom stereocenters. The van der Waals surface area contributed by atoms with Crippen LogP contribution in [-0.4, -0.2) is 33.8 Å². The maximum absolute atomic E-state index is 12.6. The lowest BCUT2D eigenvalue weighted by Gasteiger charge is -2.22. The molecule has 2 N–H and O–H groups in total. The Balaban J connectivity index is 2.37. The molecule has 1 atom stereocenters. The summed E-state index contributed by atoms with van der Waals surface area (Å²) in [4.78, 5) is 28.0. The molecule has 0 aliphatic heterocycles. The van der Waals surface area contributed by atoms with Crippen molar-refractivity contribution in [3.63, 3.8) is 0 Å². The van der Waals surface area contributed by atoms with Crippen LogP contribution in [0.1, 0.15) is 19.4 Å². The van der Waals surface area contributed by atoms with E-state index in [-0.39, 0.29) is 28.4 Å². The number of pyridine rings is 1. The number of halogens is 4. The lowest BCUT2D eigenvalue weighted by molar-refractivity contribution is -0.137. The molecular formula is C16H17ClF3N5O2. The van der Waals surface area contributed by atoms with Crippen LogP contribution in [0.15, 0.2) is 29.3 Å². The van der Waals surface area contributed by atoms with Gasteiger partial charge in [-0.25, -0.2) is 4.98 Å². The zero-order valence-electron chi connectivity index (χ0n) is 14.6. The number of carbonyl (C=O) groups excluding carboxylic acids is 1. The number of alkyl halides is 3. The maximum Gasteiger partial charge on any atom is 0.417 e. The molecule has 0 aromatic carbocycles. The van der Waals surface area contributed by atoms with Crippen LogP contribution in [0.2, 0.25) is 5.02 Å². The van der Waals surface area contributed by atoms with Crippen molar-refractivity contribution < 1.29 is 18.0 Å². The minimum Gasteiger partial charge on any atom is -0.371 e. The van der Waals surface area contributed by atoms with Gasteiger partial charge in [0.05, 0.1) is 17.4 Å². The van der Waals surface area contributed by atoms with Crippen LogP contribution in [0, 0.1) is 5.92 Å². The smallest absolute Gasteiger partial charge is 0.371 e. The first-order valence-electron chi connectivity index (χ1n) is 7.85. The Hall–Kier alpha value is -2.62. The number of carbonyl (C=O) groups is 1. The summed E-state index contributed by atoms with van der Waals surface area (Å²) in [6, 6.07) is 1.15. The molecule has 2 aromatic rings. The monoisotopic (exact) mass is 403 g/mol. The molecule has 2 heterocycles. The minimum atomic E-state index is -4.54. The summed E-state index contributed by atoms with van der Waals surface area (Å²) in [6.45, 7) is 3.61. The molecule has 2 rings (SSSR count). The van der Waals surface area contributed by atoms with E-state index >= 15 is 0 Å². The third kappa shape index (κ3) is 4.57. The highest BCUT2D eigenvalue weighted by molar-refractivity contribution is 6.33. The van der Waals surface area contributed by atoms with Crippen molar-refractivity contribution in [3.05, 3.63) is 45.5 Å². The fraction of sp³-hybridized carbons (Fsp3) is 0.375. The van der Waals surface area contributed by atoms with Gasteiger partial charge in [-0.1, -0.05) is 25.4 Å². The standard InChI is InChI=1S/C16H17ClF3N5O2/c1-8(2)13(14(26)21-3)24-10-7-23-25(15(27)12(10)17)11-5-4-9(6-22-11)16(18,19)20/h4-8,13,24H,1-3H3,(H,21,26). The number of aromatic nitrogens is 3. The fourth-order valence-electron chi connectivity index (χ4n) is 2.23. The Morgan fingerprint density at radius 3 is 2.41 bits per heavy atom. The van der Waals surface area contributed by atoms with E-state index in [1.54, 1.807) is 0 Å². The predicted molar refractivity (Wildman–Crippen MR) is 94.0 cm³/mol. The number of hydrogen-bond donors (Lipinski definition) is 2. The fourth-order valence-corrected chi connectivity index (χ4v) is 2.42. The zero-order chi connectivity index (χ0) is 20.4. The summed E-state index contributed by atoms with van der Waals surface area (Å²) in [6.07, 6.45) is -2.73. The summed E-state index contributed by atoms with van der Waals surface area (Å²) >= 11 is 6.07. The highest BCUT2D eigenvalue weighted by atomic mass is 35.5. The maximum atomic E-state index is 12.6. The topological polar surface area (TPSA) is 88.9 Å². The van der Waals surface area contributed by atoms with E-state index in [1.807, 2.05) is 13.8 Å². The summed E-state index contributed by atoms with van der Waals surface area (Å²) in [5.41, 5.74) is -1.60. The Morgan fingerprint density at radius 1 is 1.26 bits per heavy atom. The van der Waals surface area contributed by atoms with Crippen molar-refractivity contribution in [1.82, 2.24) is 20.1 Å². The Bertz CT molecular complexity index is 881. The first kappa shape index (κ1) is 20.7. The third-order valence-electron chi connectivity index (χ3n) is 3.72. The molecule has 0 fully saturated rings. The molecule has 0 aliphatic rings. The summed E-state index contributed by atoms with van der Waals surface area (Å²) < 4.78 is 38.6. The van der Waals surface area contributed by atoms with Crippen LogP contribution in [0.4, 0.5) is 18.9 Å². The molecule has 27 heavy (non-hydrogen) atoms. The van der Waals surface area contributed by atoms with Gasteiger partial charge in [0.25, 0.3) is 5.56 Å². The molecule has 0 bridgehead atoms. The van der Waals surface area contributed by atoms with E-state index in [1.165, 1.54) is 13.2 Å². The first-order valence-corrected chi connectivity index (χ1v) is 8.23. The zero-order valence-corrected chi connectivity index (χ0v) is 15.4. The van der Waals surface area contributed by atoms with Crippen molar-refractivity contribution in [3.8, 4) is 5.82 Å². The SMILES string of the molecule is CNC(=O)C(Nc1cnn(-c2ccc(C(F)(F)F)cn2)c(=O)c1Cl)C(C)C. The molecule has 0 saturated carbocycles. The normalized spacial score (nSPS) is 12.7. The second kappa shape index (κ2) is 7.95. The first-order chi connectivity index (χ1) is 12.6. The van der Waals surface area contributed by atoms with Gasteiger partial charge < -0.3 is 10.6 Å². The quantitative estimate of drug-likeness (QED) is 0.800. The summed E-state index contributed by atoms with van der Waals surface area (Å²) in [5, 5.41) is 8.98. The number of nitrogens with one attached hydrogen (secondary N) is 2. The van der Waals surface area contributed by atoms with Crippen LogP contribution >= 0.6 is 11.6 Å². The van der Waals surface area contributed by atoms with Gasteiger partial charge in [-0.05, 0) is 18.1 Å². The number of likely N-dealkylation sites (N-methyl/N-ethyl adjacent to an activating group) is 1. The molecule has 146 valence electrons. The van der Waals surface area contributed by atoms with Gasteiger partial charge in [0.2, 0.25) is 5.91 Å². The van der Waals surface area contributed by atoms with E-state index < -0.39 is 23.3 Å². The molecular weight excluding hydrogens is 387 g/mol. The Morgan fingerprint density at radius 2 is 1.93 bits per heavy atom.